The van der Waals surface area contributed by atoms with Crippen molar-refractivity contribution in [2.24, 2.45) is 0 Å². The van der Waals surface area contributed by atoms with E-state index in [1.165, 1.54) is 0 Å². The predicted octanol–water partition coefficient (Wildman–Crippen LogP) is 6.40. The van der Waals surface area contributed by atoms with Gasteiger partial charge in [-0.15, -0.1) is 0 Å². The predicted molar refractivity (Wildman–Crippen MR) is 109 cm³/mol. The quantitative estimate of drug-likeness (QED) is 0.435. The van der Waals surface area contributed by atoms with Crippen LogP contribution in [-0.4, -0.2) is 17.2 Å². The van der Waals surface area contributed by atoms with Crippen LogP contribution in [0.3, 0.4) is 0 Å². The minimum atomic E-state index is -1.30. The Hall–Kier alpha value is -2.63. The number of rotatable bonds is 7. The Morgan fingerprint density at radius 2 is 1.55 bits per heavy atom. The van der Waals surface area contributed by atoms with Crippen molar-refractivity contribution in [1.29, 1.82) is 0 Å². The molecule has 0 heterocycles. The number of halogens is 4. The first kappa shape index (κ1) is 21.1. The lowest BCUT2D eigenvalue weighted by molar-refractivity contribution is -0.145. The number of carboxylic acids is 1. The fourth-order valence-electron chi connectivity index (χ4n) is 2.81. The molecule has 3 nitrogen and oxygen atoms in total. The maximum absolute atomic E-state index is 13.5. The SMILES string of the molecule is O=C(O)C(CCc1ccc(-c2ccc(Cl)cc2)cc1)Oc1cc(F)cc(F)c1Cl. The first-order valence-corrected chi connectivity index (χ1v) is 9.48. The molecule has 3 aromatic carbocycles. The van der Waals surface area contributed by atoms with E-state index >= 15 is 0 Å². The molecule has 3 rings (SSSR count). The van der Waals surface area contributed by atoms with Crippen LogP contribution in [-0.2, 0) is 11.2 Å². The van der Waals surface area contributed by atoms with Crippen LogP contribution in [0.15, 0.2) is 60.7 Å². The number of benzene rings is 3. The maximum atomic E-state index is 13.5. The van der Waals surface area contributed by atoms with Crippen LogP contribution in [0.5, 0.6) is 5.75 Å². The summed E-state index contributed by atoms with van der Waals surface area (Å²) in [6.07, 6.45) is -0.804. The molecule has 0 aliphatic rings. The summed E-state index contributed by atoms with van der Waals surface area (Å²) in [5.41, 5.74) is 2.91. The Labute approximate surface area is 176 Å². The average Bonchev–Trinajstić information content (AvgIpc) is 2.69. The van der Waals surface area contributed by atoms with Crippen molar-refractivity contribution in [3.05, 3.63) is 87.9 Å². The first-order valence-electron chi connectivity index (χ1n) is 8.72. The van der Waals surface area contributed by atoms with Gasteiger partial charge < -0.3 is 9.84 Å². The van der Waals surface area contributed by atoms with Gasteiger partial charge in [0.1, 0.15) is 22.4 Å². The molecule has 0 amide bonds. The smallest absolute Gasteiger partial charge is 0.344 e. The lowest BCUT2D eigenvalue weighted by atomic mass is 10.0. The van der Waals surface area contributed by atoms with Gasteiger partial charge in [0.2, 0.25) is 0 Å². The van der Waals surface area contributed by atoms with Crippen LogP contribution < -0.4 is 4.74 Å². The molecule has 0 aliphatic heterocycles. The molecule has 1 N–H and O–H groups in total. The Morgan fingerprint density at radius 3 is 2.14 bits per heavy atom. The van der Waals surface area contributed by atoms with Gasteiger partial charge in [-0.05, 0) is 41.7 Å². The van der Waals surface area contributed by atoms with Gasteiger partial charge in [0.05, 0.1) is 0 Å². The number of aliphatic carboxylic acids is 1. The van der Waals surface area contributed by atoms with Crippen LogP contribution in [0.4, 0.5) is 8.78 Å². The molecule has 150 valence electrons. The normalized spacial score (nSPS) is 11.9. The van der Waals surface area contributed by atoms with E-state index in [1.807, 2.05) is 36.4 Å². The maximum Gasteiger partial charge on any atom is 0.344 e. The van der Waals surface area contributed by atoms with Crippen molar-refractivity contribution in [3.8, 4) is 16.9 Å². The van der Waals surface area contributed by atoms with E-state index in [9.17, 15) is 18.7 Å². The topological polar surface area (TPSA) is 46.5 Å². The Bertz CT molecular complexity index is 1010. The molecule has 29 heavy (non-hydrogen) atoms. The van der Waals surface area contributed by atoms with E-state index in [4.69, 9.17) is 27.9 Å². The average molecular weight is 437 g/mol. The van der Waals surface area contributed by atoms with Crippen LogP contribution >= 0.6 is 23.2 Å². The number of ether oxygens (including phenoxy) is 1. The minimum Gasteiger partial charge on any atom is -0.479 e. The molecule has 0 saturated carbocycles. The number of carbonyl (C=O) groups is 1. The van der Waals surface area contributed by atoms with Crippen LogP contribution in [0, 0.1) is 11.6 Å². The fourth-order valence-corrected chi connectivity index (χ4v) is 3.09. The molecule has 0 radical (unpaired) electrons. The van der Waals surface area contributed by atoms with Crippen LogP contribution in [0.1, 0.15) is 12.0 Å². The summed E-state index contributed by atoms with van der Waals surface area (Å²) < 4.78 is 32.2. The Balaban J connectivity index is 1.68. The summed E-state index contributed by atoms with van der Waals surface area (Å²) in [6.45, 7) is 0. The molecule has 0 fully saturated rings. The summed E-state index contributed by atoms with van der Waals surface area (Å²) >= 11 is 11.6. The van der Waals surface area contributed by atoms with E-state index < -0.39 is 28.7 Å². The molecule has 3 aromatic rings. The molecule has 0 saturated heterocycles. The number of aryl methyl sites for hydroxylation is 1. The van der Waals surface area contributed by atoms with E-state index in [0.717, 1.165) is 22.8 Å². The third-order valence-electron chi connectivity index (χ3n) is 4.33. The Morgan fingerprint density at radius 1 is 0.966 bits per heavy atom. The molecular weight excluding hydrogens is 421 g/mol. The van der Waals surface area contributed by atoms with Gasteiger partial charge in [0.15, 0.2) is 6.10 Å². The lowest BCUT2D eigenvalue weighted by Crippen LogP contribution is -2.27. The van der Waals surface area contributed by atoms with Crippen molar-refractivity contribution in [1.82, 2.24) is 0 Å². The second kappa shape index (κ2) is 9.25. The highest BCUT2D eigenvalue weighted by Crippen LogP contribution is 2.30. The zero-order valence-corrected chi connectivity index (χ0v) is 16.6. The van der Waals surface area contributed by atoms with E-state index in [1.54, 1.807) is 12.1 Å². The second-order valence-electron chi connectivity index (χ2n) is 6.39. The van der Waals surface area contributed by atoms with Gasteiger partial charge in [0.25, 0.3) is 0 Å². The van der Waals surface area contributed by atoms with Gasteiger partial charge >= 0.3 is 5.97 Å². The third-order valence-corrected chi connectivity index (χ3v) is 4.95. The van der Waals surface area contributed by atoms with Crippen LogP contribution in [0.25, 0.3) is 11.1 Å². The summed E-state index contributed by atoms with van der Waals surface area (Å²) in [5.74, 6) is -3.49. The van der Waals surface area contributed by atoms with Crippen LogP contribution in [0.2, 0.25) is 10.0 Å². The zero-order chi connectivity index (χ0) is 21.0. The summed E-state index contributed by atoms with van der Waals surface area (Å²) in [4.78, 5) is 11.5. The molecule has 0 aliphatic carbocycles. The standard InChI is InChI=1S/C22H16Cl2F2O3/c23-16-8-6-15(7-9-16)14-4-1-13(2-5-14)3-10-19(22(27)28)29-20-12-17(25)11-18(26)21(20)24/h1-2,4-9,11-12,19H,3,10H2,(H,27,28). The van der Waals surface area contributed by atoms with Crippen molar-refractivity contribution in [2.75, 3.05) is 0 Å². The molecule has 0 aromatic heterocycles. The molecule has 1 unspecified atom stereocenters. The van der Waals surface area contributed by atoms with Crippen molar-refractivity contribution < 1.29 is 23.4 Å². The van der Waals surface area contributed by atoms with Gasteiger partial charge in [-0.1, -0.05) is 59.6 Å². The van der Waals surface area contributed by atoms with E-state index in [2.05, 4.69) is 0 Å². The highest BCUT2D eigenvalue weighted by molar-refractivity contribution is 6.32. The zero-order valence-electron chi connectivity index (χ0n) is 15.0. The monoisotopic (exact) mass is 436 g/mol. The number of hydrogen-bond donors (Lipinski definition) is 1. The minimum absolute atomic E-state index is 0.101. The highest BCUT2D eigenvalue weighted by Gasteiger charge is 2.22. The molecule has 0 spiro atoms. The van der Waals surface area contributed by atoms with Gasteiger partial charge in [-0.2, -0.15) is 0 Å². The molecular formula is C22H16Cl2F2O3. The molecule has 1 atom stereocenters. The molecule has 7 heteroatoms. The Kier molecular flexibility index (Phi) is 6.72. The highest BCUT2D eigenvalue weighted by atomic mass is 35.5. The first-order chi connectivity index (χ1) is 13.8. The summed E-state index contributed by atoms with van der Waals surface area (Å²) in [6, 6.07) is 16.5. The third kappa shape index (κ3) is 5.46. The van der Waals surface area contributed by atoms with Gasteiger partial charge in [-0.25, -0.2) is 13.6 Å². The largest absolute Gasteiger partial charge is 0.479 e. The van der Waals surface area contributed by atoms with Gasteiger partial charge in [-0.3, -0.25) is 0 Å². The van der Waals surface area contributed by atoms with E-state index in [0.29, 0.717) is 17.5 Å². The number of hydrogen-bond acceptors (Lipinski definition) is 2. The lowest BCUT2D eigenvalue weighted by Gasteiger charge is -2.16. The summed E-state index contributed by atoms with van der Waals surface area (Å²) in [5, 5.41) is 9.59. The fraction of sp³-hybridized carbons (Fsp3) is 0.136. The van der Waals surface area contributed by atoms with Gasteiger partial charge in [0, 0.05) is 17.2 Å². The summed E-state index contributed by atoms with van der Waals surface area (Å²) in [7, 11) is 0. The van der Waals surface area contributed by atoms with Crippen molar-refractivity contribution in [3.63, 3.8) is 0 Å². The van der Waals surface area contributed by atoms with Crippen molar-refractivity contribution in [2.45, 2.75) is 18.9 Å². The molecule has 0 bridgehead atoms. The van der Waals surface area contributed by atoms with Crippen molar-refractivity contribution >= 4 is 29.2 Å². The second-order valence-corrected chi connectivity index (χ2v) is 7.20. The van der Waals surface area contributed by atoms with E-state index in [-0.39, 0.29) is 12.2 Å². The number of carboxylic acid groups (broad SMARTS) is 1.